The fraction of sp³-hybridized carbons (Fsp3) is 0.750. The van der Waals surface area contributed by atoms with Crippen LogP contribution in [0, 0.1) is 5.92 Å². The van der Waals surface area contributed by atoms with Gasteiger partial charge in [-0.25, -0.2) is 0 Å². The second-order valence-corrected chi connectivity index (χ2v) is 5.67. The summed E-state index contributed by atoms with van der Waals surface area (Å²) in [6, 6.07) is 0. The van der Waals surface area contributed by atoms with Crippen molar-refractivity contribution in [3.05, 3.63) is 16.8 Å². The summed E-state index contributed by atoms with van der Waals surface area (Å²) < 4.78 is 5.23. The SMILES string of the molecule is CCc1nnc(N(CCOC)CC(C)C)c(CN)c1CC. The van der Waals surface area contributed by atoms with Crippen LogP contribution in [0.3, 0.4) is 0 Å². The van der Waals surface area contributed by atoms with E-state index in [1.807, 2.05) is 0 Å². The first kappa shape index (κ1) is 17.9. The summed E-state index contributed by atoms with van der Waals surface area (Å²) in [7, 11) is 1.72. The summed E-state index contributed by atoms with van der Waals surface area (Å²) in [5.41, 5.74) is 9.49. The van der Waals surface area contributed by atoms with Gasteiger partial charge in [0, 0.05) is 32.3 Å². The fourth-order valence-corrected chi connectivity index (χ4v) is 2.63. The molecule has 0 atom stereocenters. The van der Waals surface area contributed by atoms with Gasteiger partial charge >= 0.3 is 0 Å². The van der Waals surface area contributed by atoms with Crippen molar-refractivity contribution in [1.29, 1.82) is 0 Å². The lowest BCUT2D eigenvalue weighted by Gasteiger charge is -2.28. The van der Waals surface area contributed by atoms with Crippen molar-refractivity contribution in [3.63, 3.8) is 0 Å². The second-order valence-electron chi connectivity index (χ2n) is 5.67. The van der Waals surface area contributed by atoms with Crippen molar-refractivity contribution in [3.8, 4) is 0 Å². The first-order valence-corrected chi connectivity index (χ1v) is 7.90. The molecule has 5 heteroatoms. The Kier molecular flexibility index (Phi) is 7.61. The third-order valence-corrected chi connectivity index (χ3v) is 3.59. The summed E-state index contributed by atoms with van der Waals surface area (Å²) in [6.07, 6.45) is 1.84. The van der Waals surface area contributed by atoms with Gasteiger partial charge in [0.25, 0.3) is 0 Å². The van der Waals surface area contributed by atoms with Gasteiger partial charge in [0.2, 0.25) is 0 Å². The van der Waals surface area contributed by atoms with Crippen LogP contribution < -0.4 is 10.6 Å². The van der Waals surface area contributed by atoms with Gasteiger partial charge in [-0.1, -0.05) is 27.7 Å². The molecule has 21 heavy (non-hydrogen) atoms. The molecule has 0 aromatic carbocycles. The van der Waals surface area contributed by atoms with Crippen LogP contribution >= 0.6 is 0 Å². The molecule has 0 aliphatic rings. The highest BCUT2D eigenvalue weighted by Gasteiger charge is 2.19. The lowest BCUT2D eigenvalue weighted by molar-refractivity contribution is 0.204. The van der Waals surface area contributed by atoms with E-state index < -0.39 is 0 Å². The summed E-state index contributed by atoms with van der Waals surface area (Å²) in [5.74, 6) is 1.47. The van der Waals surface area contributed by atoms with E-state index in [-0.39, 0.29) is 0 Å². The molecule has 0 saturated heterocycles. The molecule has 0 aliphatic carbocycles. The Hall–Kier alpha value is -1.20. The van der Waals surface area contributed by atoms with Gasteiger partial charge in [-0.3, -0.25) is 0 Å². The number of hydrogen-bond donors (Lipinski definition) is 1. The summed E-state index contributed by atoms with van der Waals surface area (Å²) in [6.45, 7) is 11.6. The van der Waals surface area contributed by atoms with Crippen molar-refractivity contribution in [1.82, 2.24) is 10.2 Å². The van der Waals surface area contributed by atoms with Gasteiger partial charge in [0.1, 0.15) is 0 Å². The highest BCUT2D eigenvalue weighted by Crippen LogP contribution is 2.24. The Balaban J connectivity index is 3.22. The Bertz CT molecular complexity index is 435. The quantitative estimate of drug-likeness (QED) is 0.756. The first-order valence-electron chi connectivity index (χ1n) is 7.90. The average molecular weight is 294 g/mol. The van der Waals surface area contributed by atoms with Crippen molar-refractivity contribution in [2.75, 3.05) is 31.7 Å². The molecule has 0 bridgehead atoms. The molecule has 1 aromatic rings. The van der Waals surface area contributed by atoms with Crippen LogP contribution in [-0.2, 0) is 24.1 Å². The summed E-state index contributed by atoms with van der Waals surface area (Å²) in [5, 5.41) is 8.90. The molecule has 0 spiro atoms. The number of aryl methyl sites for hydroxylation is 1. The summed E-state index contributed by atoms with van der Waals surface area (Å²) >= 11 is 0. The number of ether oxygens (including phenoxy) is 1. The maximum Gasteiger partial charge on any atom is 0.156 e. The second kappa shape index (κ2) is 8.95. The van der Waals surface area contributed by atoms with Gasteiger partial charge < -0.3 is 15.4 Å². The van der Waals surface area contributed by atoms with Crippen LogP contribution in [0.1, 0.15) is 44.5 Å². The van der Waals surface area contributed by atoms with Crippen molar-refractivity contribution in [2.45, 2.75) is 47.1 Å². The lowest BCUT2D eigenvalue weighted by atomic mass is 10.0. The molecular formula is C16H30N4O. The van der Waals surface area contributed by atoms with E-state index in [0.29, 0.717) is 19.1 Å². The molecule has 0 radical (unpaired) electrons. The highest BCUT2D eigenvalue weighted by molar-refractivity contribution is 5.51. The molecule has 1 heterocycles. The smallest absolute Gasteiger partial charge is 0.156 e. The monoisotopic (exact) mass is 294 g/mol. The number of rotatable bonds is 9. The Labute approximate surface area is 128 Å². The van der Waals surface area contributed by atoms with Gasteiger partial charge in [-0.15, -0.1) is 5.10 Å². The Morgan fingerprint density at radius 1 is 1.14 bits per heavy atom. The molecule has 1 rings (SSSR count). The van der Waals surface area contributed by atoms with Crippen LogP contribution in [-0.4, -0.2) is 37.0 Å². The maximum absolute atomic E-state index is 6.02. The Morgan fingerprint density at radius 2 is 1.86 bits per heavy atom. The molecule has 0 aliphatic heterocycles. The minimum absolute atomic E-state index is 0.503. The lowest BCUT2D eigenvalue weighted by Crippen LogP contribution is -2.33. The zero-order valence-electron chi connectivity index (χ0n) is 14.1. The minimum atomic E-state index is 0.503. The predicted octanol–water partition coefficient (Wildman–Crippen LogP) is 2.17. The van der Waals surface area contributed by atoms with Gasteiger partial charge in [0.05, 0.1) is 12.3 Å². The first-order chi connectivity index (χ1) is 10.1. The summed E-state index contributed by atoms with van der Waals surface area (Å²) in [4.78, 5) is 2.25. The molecule has 5 nitrogen and oxygen atoms in total. The zero-order chi connectivity index (χ0) is 15.8. The van der Waals surface area contributed by atoms with E-state index in [2.05, 4.69) is 42.8 Å². The van der Waals surface area contributed by atoms with Crippen molar-refractivity contribution in [2.24, 2.45) is 11.7 Å². The molecule has 0 fully saturated rings. The van der Waals surface area contributed by atoms with Crippen LogP contribution in [0.25, 0.3) is 0 Å². The largest absolute Gasteiger partial charge is 0.383 e. The molecule has 0 saturated carbocycles. The fourth-order valence-electron chi connectivity index (χ4n) is 2.63. The van der Waals surface area contributed by atoms with E-state index in [1.165, 1.54) is 5.56 Å². The highest BCUT2D eigenvalue weighted by atomic mass is 16.5. The maximum atomic E-state index is 6.02. The predicted molar refractivity (Wildman–Crippen MR) is 87.6 cm³/mol. The molecule has 0 unspecified atom stereocenters. The third kappa shape index (κ3) is 4.64. The number of nitrogens with two attached hydrogens (primary N) is 1. The molecule has 2 N–H and O–H groups in total. The number of anilines is 1. The third-order valence-electron chi connectivity index (χ3n) is 3.59. The normalized spacial score (nSPS) is 11.2. The number of hydrogen-bond acceptors (Lipinski definition) is 5. The van der Waals surface area contributed by atoms with Gasteiger partial charge in [-0.2, -0.15) is 5.10 Å². The van der Waals surface area contributed by atoms with Crippen LogP contribution in [0.2, 0.25) is 0 Å². The topological polar surface area (TPSA) is 64.3 Å². The number of methoxy groups -OCH3 is 1. The average Bonchev–Trinajstić information content (AvgIpc) is 2.49. The van der Waals surface area contributed by atoms with E-state index >= 15 is 0 Å². The van der Waals surface area contributed by atoms with Crippen molar-refractivity contribution >= 4 is 5.82 Å². The van der Waals surface area contributed by atoms with Crippen LogP contribution in [0.15, 0.2) is 0 Å². The molecular weight excluding hydrogens is 264 g/mol. The molecule has 1 aromatic heterocycles. The van der Waals surface area contributed by atoms with Crippen LogP contribution in [0.4, 0.5) is 5.82 Å². The van der Waals surface area contributed by atoms with E-state index in [4.69, 9.17) is 10.5 Å². The van der Waals surface area contributed by atoms with Gasteiger partial charge in [-0.05, 0) is 24.3 Å². The van der Waals surface area contributed by atoms with E-state index in [0.717, 1.165) is 43.0 Å². The number of aromatic nitrogens is 2. The molecule has 0 amide bonds. The van der Waals surface area contributed by atoms with Crippen LogP contribution in [0.5, 0.6) is 0 Å². The standard InChI is InChI=1S/C16H30N4O/c1-6-13-14(10-17)16(19-18-15(13)7-2)20(8-9-21-5)11-12(3)4/h12H,6-11,17H2,1-5H3. The minimum Gasteiger partial charge on any atom is -0.383 e. The number of nitrogens with zero attached hydrogens (tertiary/aromatic N) is 3. The van der Waals surface area contributed by atoms with Crippen molar-refractivity contribution < 1.29 is 4.74 Å². The van der Waals surface area contributed by atoms with E-state index in [1.54, 1.807) is 7.11 Å². The van der Waals surface area contributed by atoms with E-state index in [9.17, 15) is 0 Å². The molecule has 120 valence electrons. The zero-order valence-corrected chi connectivity index (χ0v) is 14.1. The van der Waals surface area contributed by atoms with Gasteiger partial charge in [0.15, 0.2) is 5.82 Å². The Morgan fingerprint density at radius 3 is 2.33 bits per heavy atom.